The number of carbonyl (C=O) groups excluding carboxylic acids is 1. The van der Waals surface area contributed by atoms with Gasteiger partial charge in [-0.15, -0.1) is 11.3 Å². The fraction of sp³-hybridized carbons (Fsp3) is 0.385. The normalized spacial score (nSPS) is 19.6. The number of ether oxygens (including phenoxy) is 2. The highest BCUT2D eigenvalue weighted by Gasteiger charge is 2.44. The van der Waals surface area contributed by atoms with Crippen molar-refractivity contribution < 1.29 is 24.2 Å². The van der Waals surface area contributed by atoms with Gasteiger partial charge in [0.2, 0.25) is 0 Å². The summed E-state index contributed by atoms with van der Waals surface area (Å²) in [4.78, 5) is 38.6. The Morgan fingerprint density at radius 1 is 1.21 bits per heavy atom. The van der Waals surface area contributed by atoms with Gasteiger partial charge in [0.1, 0.15) is 10.8 Å². The molecule has 0 unspecified atom stereocenters. The van der Waals surface area contributed by atoms with Crippen LogP contribution in [0.15, 0.2) is 36.1 Å². The molecule has 0 bridgehead atoms. The molecule has 4 heterocycles. The molecule has 0 aliphatic heterocycles. The van der Waals surface area contributed by atoms with E-state index in [1.54, 1.807) is 25.7 Å². The second kappa shape index (κ2) is 10.6. The number of nitrogens with two attached hydrogens (primary N) is 1. The second-order valence-corrected chi connectivity index (χ2v) is 10.2. The number of carboxylic acids is 1. The van der Waals surface area contributed by atoms with Gasteiger partial charge in [-0.3, -0.25) is 9.78 Å². The van der Waals surface area contributed by atoms with Crippen LogP contribution < -0.4 is 5.73 Å². The van der Waals surface area contributed by atoms with Crippen LogP contribution in [0.3, 0.4) is 0 Å². The molecule has 0 atom stereocenters. The quantitative estimate of drug-likeness (QED) is 0.238. The first-order chi connectivity index (χ1) is 18.3. The second-order valence-electron chi connectivity index (χ2n) is 9.29. The first-order valence-electron chi connectivity index (χ1n) is 12.2. The van der Waals surface area contributed by atoms with Gasteiger partial charge in [-0.25, -0.2) is 14.8 Å². The molecular formula is C26H28N6O5S. The topological polar surface area (TPSA) is 155 Å². The van der Waals surface area contributed by atoms with E-state index in [-0.39, 0.29) is 37.0 Å². The summed E-state index contributed by atoms with van der Waals surface area (Å²) in [6, 6.07) is 3.82. The molecule has 3 N–H and O–H groups in total. The van der Waals surface area contributed by atoms with Crippen LogP contribution in [0.4, 0.5) is 5.82 Å². The molecule has 1 aliphatic rings. The molecule has 38 heavy (non-hydrogen) atoms. The Morgan fingerprint density at radius 2 is 2.00 bits per heavy atom. The summed E-state index contributed by atoms with van der Waals surface area (Å²) in [5, 5.41) is 17.0. The van der Waals surface area contributed by atoms with Crippen molar-refractivity contribution >= 4 is 34.6 Å². The smallest absolute Gasteiger partial charge is 0.335 e. The fourth-order valence-corrected chi connectivity index (χ4v) is 5.63. The van der Waals surface area contributed by atoms with E-state index in [4.69, 9.17) is 20.2 Å². The minimum absolute atomic E-state index is 0.159. The number of rotatable bonds is 9. The van der Waals surface area contributed by atoms with E-state index in [1.165, 1.54) is 22.8 Å². The number of carboxylic acid groups (broad SMARTS) is 1. The van der Waals surface area contributed by atoms with Crippen molar-refractivity contribution in [1.29, 1.82) is 0 Å². The Labute approximate surface area is 222 Å². The Kier molecular flexibility index (Phi) is 7.19. The van der Waals surface area contributed by atoms with Crippen LogP contribution in [-0.2, 0) is 14.3 Å². The molecule has 12 heteroatoms. The van der Waals surface area contributed by atoms with Crippen molar-refractivity contribution in [3.8, 4) is 21.8 Å². The van der Waals surface area contributed by atoms with E-state index < -0.39 is 11.6 Å². The van der Waals surface area contributed by atoms with Gasteiger partial charge < -0.3 is 20.3 Å². The zero-order valence-electron chi connectivity index (χ0n) is 21.1. The number of nitrogens with zero attached hydrogens (tertiary/aromatic N) is 5. The molecule has 4 aromatic rings. The minimum Gasteiger partial charge on any atom is -0.479 e. The number of aliphatic carboxylic acids is 1. The Morgan fingerprint density at radius 3 is 2.61 bits per heavy atom. The van der Waals surface area contributed by atoms with Crippen LogP contribution in [0.2, 0.25) is 0 Å². The molecule has 0 amide bonds. The number of hydrogen-bond acceptors (Lipinski definition) is 10. The lowest BCUT2D eigenvalue weighted by atomic mass is 9.76. The van der Waals surface area contributed by atoms with Crippen molar-refractivity contribution in [1.82, 2.24) is 24.6 Å². The summed E-state index contributed by atoms with van der Waals surface area (Å²) in [6.45, 7) is 1.95. The minimum atomic E-state index is -1.28. The monoisotopic (exact) mass is 536 g/mol. The van der Waals surface area contributed by atoms with Crippen molar-refractivity contribution in [3.05, 3.63) is 47.4 Å². The molecule has 0 aromatic carbocycles. The molecular weight excluding hydrogens is 508 g/mol. The van der Waals surface area contributed by atoms with Gasteiger partial charge in [-0.05, 0) is 38.7 Å². The molecule has 0 radical (unpaired) electrons. The van der Waals surface area contributed by atoms with E-state index in [9.17, 15) is 14.7 Å². The lowest BCUT2D eigenvalue weighted by Crippen LogP contribution is -2.45. The summed E-state index contributed by atoms with van der Waals surface area (Å²) in [7, 11) is 1.54. The molecule has 4 aromatic heterocycles. The first-order valence-corrected chi connectivity index (χ1v) is 13.1. The van der Waals surface area contributed by atoms with Gasteiger partial charge in [-0.1, -0.05) is 6.07 Å². The van der Waals surface area contributed by atoms with Crippen LogP contribution in [0.5, 0.6) is 0 Å². The Balaban J connectivity index is 1.50. The summed E-state index contributed by atoms with van der Waals surface area (Å²) in [6.07, 6.45) is 6.67. The first kappa shape index (κ1) is 25.9. The van der Waals surface area contributed by atoms with Crippen molar-refractivity contribution in [2.75, 3.05) is 26.1 Å². The number of pyridine rings is 1. The maximum Gasteiger partial charge on any atom is 0.335 e. The molecule has 5 rings (SSSR count). The van der Waals surface area contributed by atoms with Gasteiger partial charge in [0.25, 0.3) is 0 Å². The van der Waals surface area contributed by atoms with E-state index in [1.807, 2.05) is 17.5 Å². The number of anilines is 1. The van der Waals surface area contributed by atoms with Gasteiger partial charge >= 0.3 is 5.97 Å². The summed E-state index contributed by atoms with van der Waals surface area (Å²) >= 11 is 1.51. The number of thiazole rings is 1. The van der Waals surface area contributed by atoms with E-state index >= 15 is 0 Å². The number of methoxy groups -OCH3 is 1. The molecule has 1 aliphatic carbocycles. The molecule has 0 spiro atoms. The van der Waals surface area contributed by atoms with E-state index in [2.05, 4.69) is 15.1 Å². The largest absolute Gasteiger partial charge is 0.479 e. The number of ketones is 1. The maximum atomic E-state index is 12.7. The standard InChI is InChI=1S/C26H28N6O5S/c1-15(33)20-21(16-5-7-26(8-6-16,25(34)35)37-11-10-36-2)31-23-18(14-30-32(23)22(20)27)17-3-4-19(29-13-17)24-28-9-12-38-24/h3-4,9,12-14,16H,5-8,10-11,27H2,1-2H3,(H,34,35). The summed E-state index contributed by atoms with van der Waals surface area (Å²) < 4.78 is 12.3. The third kappa shape index (κ3) is 4.66. The van der Waals surface area contributed by atoms with Crippen molar-refractivity contribution in [2.24, 2.45) is 0 Å². The highest BCUT2D eigenvalue weighted by molar-refractivity contribution is 7.13. The number of aromatic nitrogens is 5. The number of hydrogen-bond donors (Lipinski definition) is 2. The highest BCUT2D eigenvalue weighted by Crippen LogP contribution is 2.42. The van der Waals surface area contributed by atoms with Gasteiger partial charge in [0.15, 0.2) is 17.0 Å². The third-order valence-electron chi connectivity index (χ3n) is 7.02. The maximum absolute atomic E-state index is 12.7. The third-order valence-corrected chi connectivity index (χ3v) is 7.82. The molecule has 0 saturated heterocycles. The number of nitrogen functional groups attached to an aromatic ring is 1. The highest BCUT2D eigenvalue weighted by atomic mass is 32.1. The van der Waals surface area contributed by atoms with Gasteiger partial charge in [0.05, 0.1) is 36.4 Å². The zero-order chi connectivity index (χ0) is 26.9. The molecule has 1 saturated carbocycles. The van der Waals surface area contributed by atoms with E-state index in [0.29, 0.717) is 36.4 Å². The zero-order valence-corrected chi connectivity index (χ0v) is 21.9. The SMILES string of the molecule is COCCOC1(C(=O)O)CCC(c2nc3c(-c4ccc(-c5nccs5)nc4)cnn3c(N)c2C(C)=O)CC1. The van der Waals surface area contributed by atoms with Crippen LogP contribution in [0.1, 0.15) is 54.6 Å². The van der Waals surface area contributed by atoms with Gasteiger partial charge in [0, 0.05) is 41.9 Å². The fourth-order valence-electron chi connectivity index (χ4n) is 5.02. The van der Waals surface area contributed by atoms with Crippen LogP contribution in [-0.4, -0.2) is 67.3 Å². The van der Waals surface area contributed by atoms with Crippen LogP contribution in [0, 0.1) is 0 Å². The average Bonchev–Trinajstić information content (AvgIpc) is 3.60. The lowest BCUT2D eigenvalue weighted by molar-refractivity contribution is -0.173. The van der Waals surface area contributed by atoms with Gasteiger partial charge in [-0.2, -0.15) is 9.61 Å². The number of carbonyl (C=O) groups is 2. The van der Waals surface area contributed by atoms with Crippen LogP contribution >= 0.6 is 11.3 Å². The molecule has 198 valence electrons. The van der Waals surface area contributed by atoms with E-state index in [0.717, 1.165) is 21.8 Å². The van der Waals surface area contributed by atoms with Crippen molar-refractivity contribution in [3.63, 3.8) is 0 Å². The molecule has 11 nitrogen and oxygen atoms in total. The molecule has 1 fully saturated rings. The lowest BCUT2D eigenvalue weighted by Gasteiger charge is -2.37. The predicted octanol–water partition coefficient (Wildman–Crippen LogP) is 3.84. The summed E-state index contributed by atoms with van der Waals surface area (Å²) in [5.41, 5.74) is 8.88. The Hall–Kier alpha value is -3.74. The predicted molar refractivity (Wildman–Crippen MR) is 141 cm³/mol. The summed E-state index contributed by atoms with van der Waals surface area (Å²) in [5.74, 6) is -1.16. The number of Topliss-reactive ketones (excluding diaryl/α,β-unsaturated/α-hetero) is 1. The van der Waals surface area contributed by atoms with Crippen molar-refractivity contribution in [2.45, 2.75) is 44.1 Å². The average molecular weight is 537 g/mol. The number of fused-ring (bicyclic) bond motifs is 1. The van der Waals surface area contributed by atoms with Crippen LogP contribution in [0.25, 0.3) is 27.5 Å². The Bertz CT molecular complexity index is 1460.